The fourth-order valence-corrected chi connectivity index (χ4v) is 1.41. The molecule has 0 bridgehead atoms. The molecule has 66 valence electrons. The molecule has 0 saturated heterocycles. The maximum Gasteiger partial charge on any atom is 0.284 e. The van der Waals surface area contributed by atoms with Crippen LogP contribution >= 0.6 is 0 Å². The maximum absolute atomic E-state index is 10.9. The molecule has 0 fully saturated rings. The first-order valence-electron chi connectivity index (χ1n) is 3.98. The van der Waals surface area contributed by atoms with Gasteiger partial charge in [-0.15, -0.1) is 0 Å². The molecule has 1 amide bonds. The molecule has 0 atom stereocenters. The third-order valence-corrected chi connectivity index (χ3v) is 2.07. The molecule has 13 heavy (non-hydrogen) atoms. The highest BCUT2D eigenvalue weighted by Gasteiger charge is 2.13. The number of hydrogen-bond donors (Lipinski definition) is 1. The Morgan fingerprint density at radius 3 is 2.69 bits per heavy atom. The zero-order chi connectivity index (χ0) is 9.42. The highest BCUT2D eigenvalue weighted by atomic mass is 16.3. The maximum atomic E-state index is 10.9. The molecule has 2 rings (SSSR count). The Hall–Kier alpha value is -1.77. The number of hydrogen-bond acceptors (Lipinski definition) is 2. The van der Waals surface area contributed by atoms with Crippen LogP contribution in [-0.4, -0.2) is 5.91 Å². The van der Waals surface area contributed by atoms with Gasteiger partial charge in [0.2, 0.25) is 0 Å². The van der Waals surface area contributed by atoms with Crippen molar-refractivity contribution in [1.82, 2.24) is 0 Å². The molecule has 1 aromatic carbocycles. The van der Waals surface area contributed by atoms with Crippen LogP contribution in [0.25, 0.3) is 11.0 Å². The lowest BCUT2D eigenvalue weighted by Crippen LogP contribution is -2.10. The van der Waals surface area contributed by atoms with E-state index in [2.05, 4.69) is 0 Å². The van der Waals surface area contributed by atoms with Crippen LogP contribution in [-0.2, 0) is 0 Å². The molecule has 3 nitrogen and oxygen atoms in total. The lowest BCUT2D eigenvalue weighted by atomic mass is 10.1. The van der Waals surface area contributed by atoms with Crippen LogP contribution in [0.2, 0.25) is 0 Å². The van der Waals surface area contributed by atoms with Crippen molar-refractivity contribution < 1.29 is 9.21 Å². The first-order chi connectivity index (χ1) is 6.20. The van der Waals surface area contributed by atoms with Gasteiger partial charge in [0.05, 0.1) is 0 Å². The van der Waals surface area contributed by atoms with Gasteiger partial charge in [0, 0.05) is 10.9 Å². The molecule has 0 aliphatic rings. The summed E-state index contributed by atoms with van der Waals surface area (Å²) in [6.07, 6.45) is 0. The molecule has 1 aromatic heterocycles. The van der Waals surface area contributed by atoms with Gasteiger partial charge in [-0.25, -0.2) is 0 Å². The zero-order valence-electron chi connectivity index (χ0n) is 7.20. The number of furan rings is 1. The first kappa shape index (κ1) is 7.86. The fraction of sp³-hybridized carbons (Fsp3) is 0.100. The molecule has 3 heteroatoms. The normalized spacial score (nSPS) is 10.5. The van der Waals surface area contributed by atoms with E-state index >= 15 is 0 Å². The molecule has 1 heterocycles. The summed E-state index contributed by atoms with van der Waals surface area (Å²) in [7, 11) is 0. The molecule has 0 aliphatic carbocycles. The number of carbonyl (C=O) groups excluding carboxylic acids is 1. The third-order valence-electron chi connectivity index (χ3n) is 2.07. The van der Waals surface area contributed by atoms with Gasteiger partial charge in [-0.2, -0.15) is 0 Å². The summed E-state index contributed by atoms with van der Waals surface area (Å²) < 4.78 is 5.29. The van der Waals surface area contributed by atoms with Gasteiger partial charge in [0.1, 0.15) is 5.58 Å². The Labute approximate surface area is 75.1 Å². The third kappa shape index (κ3) is 1.09. The summed E-state index contributed by atoms with van der Waals surface area (Å²) in [5.74, 6) is -0.269. The number of aryl methyl sites for hydroxylation is 1. The number of rotatable bonds is 1. The van der Waals surface area contributed by atoms with Crippen molar-refractivity contribution in [2.45, 2.75) is 6.92 Å². The fourth-order valence-electron chi connectivity index (χ4n) is 1.41. The average molecular weight is 175 g/mol. The number of amides is 1. The summed E-state index contributed by atoms with van der Waals surface area (Å²) in [4.78, 5) is 10.9. The van der Waals surface area contributed by atoms with Gasteiger partial charge < -0.3 is 10.2 Å². The standard InChI is InChI=1S/C10H9NO2/c1-6-7-4-2-3-5-8(7)13-9(6)10(11)12/h2-5H,1H3,(H2,11,12). The van der Waals surface area contributed by atoms with Crippen molar-refractivity contribution in [3.8, 4) is 0 Å². The minimum Gasteiger partial charge on any atom is -0.451 e. The van der Waals surface area contributed by atoms with Gasteiger partial charge in [-0.1, -0.05) is 18.2 Å². The number of carbonyl (C=O) groups is 1. The van der Waals surface area contributed by atoms with E-state index in [1.165, 1.54) is 0 Å². The Balaban J connectivity index is 2.81. The minimum absolute atomic E-state index is 0.251. The second kappa shape index (κ2) is 2.62. The number of primary amides is 1. The van der Waals surface area contributed by atoms with Crippen molar-refractivity contribution in [1.29, 1.82) is 0 Å². The minimum atomic E-state index is -0.520. The molecule has 0 saturated carbocycles. The van der Waals surface area contributed by atoms with E-state index in [-0.39, 0.29) is 5.76 Å². The summed E-state index contributed by atoms with van der Waals surface area (Å²) >= 11 is 0. The first-order valence-corrected chi connectivity index (χ1v) is 3.98. The van der Waals surface area contributed by atoms with E-state index in [0.717, 1.165) is 10.9 Å². The lowest BCUT2D eigenvalue weighted by Gasteiger charge is -1.88. The van der Waals surface area contributed by atoms with E-state index in [9.17, 15) is 4.79 Å². The van der Waals surface area contributed by atoms with Crippen molar-refractivity contribution in [3.05, 3.63) is 35.6 Å². The highest BCUT2D eigenvalue weighted by Crippen LogP contribution is 2.24. The Kier molecular flexibility index (Phi) is 1.59. The summed E-state index contributed by atoms with van der Waals surface area (Å²) in [5, 5.41) is 0.941. The molecule has 2 N–H and O–H groups in total. The van der Waals surface area contributed by atoms with Crippen LogP contribution in [0.5, 0.6) is 0 Å². The largest absolute Gasteiger partial charge is 0.451 e. The van der Waals surface area contributed by atoms with Gasteiger partial charge in [-0.05, 0) is 13.0 Å². The molecular weight excluding hydrogens is 166 g/mol. The van der Waals surface area contributed by atoms with Crippen LogP contribution in [0.1, 0.15) is 16.1 Å². The predicted octanol–water partition coefficient (Wildman–Crippen LogP) is 1.84. The quantitative estimate of drug-likeness (QED) is 0.718. The van der Waals surface area contributed by atoms with Gasteiger partial charge in [0.15, 0.2) is 5.76 Å². The lowest BCUT2D eigenvalue weighted by molar-refractivity contribution is 0.0975. The molecule has 0 unspecified atom stereocenters. The van der Waals surface area contributed by atoms with Gasteiger partial charge >= 0.3 is 0 Å². The summed E-state index contributed by atoms with van der Waals surface area (Å²) in [6, 6.07) is 7.47. The molecular formula is C10H9NO2. The van der Waals surface area contributed by atoms with Crippen LogP contribution in [0, 0.1) is 6.92 Å². The monoisotopic (exact) mass is 175 g/mol. The van der Waals surface area contributed by atoms with Crippen molar-refractivity contribution in [2.75, 3.05) is 0 Å². The van der Waals surface area contributed by atoms with E-state index < -0.39 is 5.91 Å². The van der Waals surface area contributed by atoms with Crippen LogP contribution in [0.4, 0.5) is 0 Å². The number of benzene rings is 1. The Morgan fingerprint density at radius 1 is 1.38 bits per heavy atom. The molecule has 2 aromatic rings. The summed E-state index contributed by atoms with van der Waals surface area (Å²) in [5.41, 5.74) is 6.66. The van der Waals surface area contributed by atoms with E-state index in [4.69, 9.17) is 10.2 Å². The van der Waals surface area contributed by atoms with Crippen molar-refractivity contribution in [2.24, 2.45) is 5.73 Å². The van der Waals surface area contributed by atoms with Crippen molar-refractivity contribution in [3.63, 3.8) is 0 Å². The molecule has 0 spiro atoms. The second-order valence-corrected chi connectivity index (χ2v) is 2.92. The van der Waals surface area contributed by atoms with Crippen LogP contribution < -0.4 is 5.73 Å². The molecule has 0 aliphatic heterocycles. The number of fused-ring (bicyclic) bond motifs is 1. The zero-order valence-corrected chi connectivity index (χ0v) is 7.20. The smallest absolute Gasteiger partial charge is 0.284 e. The SMILES string of the molecule is Cc1c(C(N)=O)oc2ccccc12. The van der Waals surface area contributed by atoms with E-state index in [0.29, 0.717) is 5.58 Å². The van der Waals surface area contributed by atoms with E-state index in [1.54, 1.807) is 0 Å². The van der Waals surface area contributed by atoms with Gasteiger partial charge in [0.25, 0.3) is 5.91 Å². The molecule has 0 radical (unpaired) electrons. The number of para-hydroxylation sites is 1. The Bertz CT molecular complexity index is 471. The number of nitrogens with two attached hydrogens (primary N) is 1. The van der Waals surface area contributed by atoms with Crippen LogP contribution in [0.15, 0.2) is 28.7 Å². The topological polar surface area (TPSA) is 56.2 Å². The highest BCUT2D eigenvalue weighted by molar-refractivity contribution is 5.97. The summed E-state index contributed by atoms with van der Waals surface area (Å²) in [6.45, 7) is 1.83. The van der Waals surface area contributed by atoms with E-state index in [1.807, 2.05) is 31.2 Å². The average Bonchev–Trinajstić information content (AvgIpc) is 2.45. The Morgan fingerprint density at radius 2 is 2.08 bits per heavy atom. The predicted molar refractivity (Wildman–Crippen MR) is 49.5 cm³/mol. The van der Waals surface area contributed by atoms with Crippen molar-refractivity contribution >= 4 is 16.9 Å². The second-order valence-electron chi connectivity index (χ2n) is 2.92. The van der Waals surface area contributed by atoms with Gasteiger partial charge in [-0.3, -0.25) is 4.79 Å². The van der Waals surface area contributed by atoms with Crippen LogP contribution in [0.3, 0.4) is 0 Å².